The number of aryl methyl sites for hydroxylation is 1. The van der Waals surface area contributed by atoms with Crippen LogP contribution in [0.1, 0.15) is 38.8 Å². The summed E-state index contributed by atoms with van der Waals surface area (Å²) >= 11 is 0. The second-order valence-corrected chi connectivity index (χ2v) is 5.54. The van der Waals surface area contributed by atoms with Gasteiger partial charge < -0.3 is 10.5 Å². The Labute approximate surface area is 126 Å². The van der Waals surface area contributed by atoms with Crippen LogP contribution >= 0.6 is 0 Å². The van der Waals surface area contributed by atoms with E-state index in [9.17, 15) is 4.79 Å². The number of nitrogens with one attached hydrogen (secondary N) is 1. The van der Waals surface area contributed by atoms with Crippen LogP contribution in [0.25, 0.3) is 0 Å². The molecule has 1 aromatic rings. The van der Waals surface area contributed by atoms with E-state index < -0.39 is 0 Å². The van der Waals surface area contributed by atoms with Crippen LogP contribution in [0.15, 0.2) is 6.07 Å². The minimum atomic E-state index is -0.0784. The van der Waals surface area contributed by atoms with E-state index in [4.69, 9.17) is 10.5 Å². The van der Waals surface area contributed by atoms with E-state index >= 15 is 0 Å². The van der Waals surface area contributed by atoms with E-state index in [0.717, 1.165) is 18.5 Å². The molecule has 21 heavy (non-hydrogen) atoms. The number of aromatic nitrogens is 2. The van der Waals surface area contributed by atoms with E-state index in [1.165, 1.54) is 7.11 Å². The van der Waals surface area contributed by atoms with Crippen LogP contribution in [-0.2, 0) is 4.79 Å². The van der Waals surface area contributed by atoms with Gasteiger partial charge in [-0.25, -0.2) is 4.98 Å². The third-order valence-corrected chi connectivity index (χ3v) is 3.51. The molecule has 0 saturated carbocycles. The number of nitrogens with two attached hydrogens (primary N) is 1. The number of hydrogen-bond acceptors (Lipinski definition) is 5. The number of methoxy groups -OCH3 is 1. The molecule has 0 saturated heterocycles. The van der Waals surface area contributed by atoms with Gasteiger partial charge in [0.25, 0.3) is 0 Å². The summed E-state index contributed by atoms with van der Waals surface area (Å²) in [5.41, 5.74) is 6.36. The van der Waals surface area contributed by atoms with Crippen LogP contribution < -0.4 is 15.8 Å². The first-order chi connectivity index (χ1) is 9.96. The molecule has 6 heteroatoms. The van der Waals surface area contributed by atoms with Gasteiger partial charge in [0.2, 0.25) is 17.7 Å². The average Bonchev–Trinajstić information content (AvgIpc) is 2.42. The average molecular weight is 294 g/mol. The van der Waals surface area contributed by atoms with E-state index in [2.05, 4.69) is 29.1 Å². The van der Waals surface area contributed by atoms with Crippen LogP contribution in [0, 0.1) is 18.8 Å². The topological polar surface area (TPSA) is 90.1 Å². The molecule has 0 aliphatic heterocycles. The fourth-order valence-electron chi connectivity index (χ4n) is 2.23. The number of rotatable bonds is 8. The van der Waals surface area contributed by atoms with Crippen molar-refractivity contribution in [2.24, 2.45) is 17.6 Å². The van der Waals surface area contributed by atoms with Crippen LogP contribution in [0.4, 0.5) is 5.95 Å². The molecule has 0 aromatic carbocycles. The highest BCUT2D eigenvalue weighted by atomic mass is 16.5. The summed E-state index contributed by atoms with van der Waals surface area (Å²) in [6, 6.07) is 1.71. The number of anilines is 1. The summed E-state index contributed by atoms with van der Waals surface area (Å²) < 4.78 is 5.06. The lowest BCUT2D eigenvalue weighted by atomic mass is 9.88. The second kappa shape index (κ2) is 8.56. The van der Waals surface area contributed by atoms with E-state index in [-0.39, 0.29) is 11.9 Å². The van der Waals surface area contributed by atoms with Gasteiger partial charge in [0.15, 0.2) is 0 Å². The van der Waals surface area contributed by atoms with Crippen molar-refractivity contribution in [1.29, 1.82) is 0 Å². The second-order valence-electron chi connectivity index (χ2n) is 5.54. The van der Waals surface area contributed by atoms with Gasteiger partial charge in [-0.3, -0.25) is 10.1 Å². The van der Waals surface area contributed by atoms with Gasteiger partial charge in [-0.1, -0.05) is 13.8 Å². The van der Waals surface area contributed by atoms with Crippen molar-refractivity contribution in [3.05, 3.63) is 11.8 Å². The van der Waals surface area contributed by atoms with Gasteiger partial charge in [-0.15, -0.1) is 0 Å². The van der Waals surface area contributed by atoms with Crippen molar-refractivity contribution in [2.75, 3.05) is 19.0 Å². The molecular formula is C15H26N4O2. The van der Waals surface area contributed by atoms with Crippen LogP contribution in [-0.4, -0.2) is 29.5 Å². The maximum Gasteiger partial charge on any atom is 0.232 e. The first kappa shape index (κ1) is 17.4. The van der Waals surface area contributed by atoms with Gasteiger partial charge in [0.1, 0.15) is 0 Å². The molecule has 3 N–H and O–H groups in total. The molecule has 0 spiro atoms. The van der Waals surface area contributed by atoms with Gasteiger partial charge >= 0.3 is 0 Å². The van der Waals surface area contributed by atoms with Crippen LogP contribution in [0.5, 0.6) is 5.88 Å². The highest BCUT2D eigenvalue weighted by molar-refractivity contribution is 5.88. The zero-order valence-electron chi connectivity index (χ0n) is 13.3. The Bertz CT molecular complexity index is 463. The molecule has 0 bridgehead atoms. The van der Waals surface area contributed by atoms with Gasteiger partial charge in [0.05, 0.1) is 7.11 Å². The van der Waals surface area contributed by atoms with E-state index in [1.54, 1.807) is 6.07 Å². The Kier molecular flexibility index (Phi) is 7.08. The summed E-state index contributed by atoms with van der Waals surface area (Å²) in [6.45, 7) is 6.80. The number of ether oxygens (including phenoxy) is 1. The quantitative estimate of drug-likeness (QED) is 0.766. The van der Waals surface area contributed by atoms with E-state index in [0.29, 0.717) is 30.7 Å². The molecule has 1 atom stereocenters. The molecule has 0 fully saturated rings. The van der Waals surface area contributed by atoms with Crippen molar-refractivity contribution in [2.45, 2.75) is 40.0 Å². The molecule has 118 valence electrons. The third-order valence-electron chi connectivity index (χ3n) is 3.51. The molecular weight excluding hydrogens is 268 g/mol. The van der Waals surface area contributed by atoms with E-state index in [1.807, 2.05) is 6.92 Å². The summed E-state index contributed by atoms with van der Waals surface area (Å²) in [4.78, 5) is 20.3. The first-order valence-electron chi connectivity index (χ1n) is 7.35. The minimum absolute atomic E-state index is 0.0784. The van der Waals surface area contributed by atoms with Crippen molar-refractivity contribution in [3.63, 3.8) is 0 Å². The number of amides is 1. The molecule has 1 amide bonds. The van der Waals surface area contributed by atoms with Gasteiger partial charge in [-0.05, 0) is 38.1 Å². The van der Waals surface area contributed by atoms with Crippen molar-refractivity contribution in [3.8, 4) is 5.88 Å². The number of nitrogens with zero attached hydrogens (tertiary/aromatic N) is 2. The maximum absolute atomic E-state index is 12.0. The summed E-state index contributed by atoms with van der Waals surface area (Å²) in [7, 11) is 1.54. The lowest BCUT2D eigenvalue weighted by Crippen LogP contribution is -2.19. The van der Waals surface area contributed by atoms with Crippen molar-refractivity contribution >= 4 is 11.9 Å². The molecule has 1 heterocycles. The Hall–Kier alpha value is -1.69. The lowest BCUT2D eigenvalue weighted by Gasteiger charge is -2.19. The van der Waals surface area contributed by atoms with Crippen LogP contribution in [0.3, 0.4) is 0 Å². The Morgan fingerprint density at radius 1 is 1.38 bits per heavy atom. The Morgan fingerprint density at radius 3 is 2.67 bits per heavy atom. The predicted octanol–water partition coefficient (Wildman–Crippen LogP) is 2.13. The summed E-state index contributed by atoms with van der Waals surface area (Å²) in [6.07, 6.45) is 2.21. The minimum Gasteiger partial charge on any atom is -0.481 e. The highest BCUT2D eigenvalue weighted by Gasteiger charge is 2.15. The van der Waals surface area contributed by atoms with Crippen LogP contribution in [0.2, 0.25) is 0 Å². The third kappa shape index (κ3) is 6.08. The normalized spacial score (nSPS) is 12.3. The molecule has 1 rings (SSSR count). The largest absolute Gasteiger partial charge is 0.481 e. The highest BCUT2D eigenvalue weighted by Crippen LogP contribution is 2.20. The SMILES string of the molecule is COc1cc(C)nc(NC(=O)CCC(CCN)C(C)C)n1. The summed E-state index contributed by atoms with van der Waals surface area (Å²) in [5, 5.41) is 2.72. The fourth-order valence-corrected chi connectivity index (χ4v) is 2.23. The zero-order chi connectivity index (χ0) is 15.8. The predicted molar refractivity (Wildman–Crippen MR) is 83.2 cm³/mol. The molecule has 0 aliphatic carbocycles. The zero-order valence-corrected chi connectivity index (χ0v) is 13.3. The molecule has 1 unspecified atom stereocenters. The Morgan fingerprint density at radius 2 is 2.10 bits per heavy atom. The smallest absolute Gasteiger partial charge is 0.232 e. The van der Waals surface area contributed by atoms with Gasteiger partial charge in [0, 0.05) is 18.2 Å². The molecule has 1 aromatic heterocycles. The number of carbonyl (C=O) groups excluding carboxylic acids is 1. The lowest BCUT2D eigenvalue weighted by molar-refractivity contribution is -0.116. The van der Waals surface area contributed by atoms with Crippen molar-refractivity contribution in [1.82, 2.24) is 9.97 Å². The molecule has 0 radical (unpaired) electrons. The standard InChI is InChI=1S/C15H26N4O2/c1-10(2)12(7-8-16)5-6-13(20)18-15-17-11(3)9-14(19-15)21-4/h9-10,12H,5-8,16H2,1-4H3,(H,17,18,19,20). The molecule has 6 nitrogen and oxygen atoms in total. The number of carbonyl (C=O) groups is 1. The fraction of sp³-hybridized carbons (Fsp3) is 0.667. The van der Waals surface area contributed by atoms with Gasteiger partial charge in [-0.2, -0.15) is 4.98 Å². The maximum atomic E-state index is 12.0. The first-order valence-corrected chi connectivity index (χ1v) is 7.35. The molecule has 0 aliphatic rings. The number of hydrogen-bond donors (Lipinski definition) is 2. The van der Waals surface area contributed by atoms with Crippen molar-refractivity contribution < 1.29 is 9.53 Å². The monoisotopic (exact) mass is 294 g/mol. The Balaban J connectivity index is 2.55. The summed E-state index contributed by atoms with van der Waals surface area (Å²) in [5.74, 6) is 1.65.